The fraction of sp³-hybridized carbons (Fsp3) is 0.143. The number of aliphatic carboxylic acids is 1. The summed E-state index contributed by atoms with van der Waals surface area (Å²) in [5, 5.41) is 7.42. The molecule has 1 aromatic heterocycles. The number of carbonyl (C=O) groups is 1. The number of hydrogen-bond donors (Lipinski definition) is 1. The Hall–Kier alpha value is -1.45. The molecule has 0 spiro atoms. The predicted octanol–water partition coefficient (Wildman–Crippen LogP) is 1.31. The van der Waals surface area contributed by atoms with Gasteiger partial charge >= 0.3 is 0 Å². The molecule has 3 nitrogen and oxygen atoms in total. The molecular weight excluding hydrogens is 149 g/mol. The standard InChI is InChI=1S/C5H4FN.C2H4O2/c6-5-3-1-2-4-7-5;1-2(3)4/h1-4H;1H3,(H,3,4). The predicted molar refractivity (Wildman–Crippen MR) is 37.5 cm³/mol. The van der Waals surface area contributed by atoms with Gasteiger partial charge in [-0.1, -0.05) is 6.07 Å². The average Bonchev–Trinajstić information content (AvgIpc) is 1.87. The summed E-state index contributed by atoms with van der Waals surface area (Å²) in [6.07, 6.45) is 1.41. The van der Waals surface area contributed by atoms with Gasteiger partial charge in [0.25, 0.3) is 5.97 Å². The first-order valence-corrected chi connectivity index (χ1v) is 2.89. The minimum Gasteiger partial charge on any atom is -0.481 e. The maximum absolute atomic E-state index is 11.8. The molecule has 0 saturated heterocycles. The molecule has 0 bridgehead atoms. The maximum atomic E-state index is 11.8. The Bertz CT molecular complexity index is 209. The van der Waals surface area contributed by atoms with Crippen LogP contribution in [-0.2, 0) is 4.79 Å². The zero-order valence-corrected chi connectivity index (χ0v) is 5.99. The number of carboxylic acid groups (broad SMARTS) is 1. The van der Waals surface area contributed by atoms with E-state index in [2.05, 4.69) is 4.98 Å². The van der Waals surface area contributed by atoms with E-state index in [1.807, 2.05) is 0 Å². The first kappa shape index (κ1) is 9.55. The molecule has 0 radical (unpaired) electrons. The topological polar surface area (TPSA) is 50.2 Å². The van der Waals surface area contributed by atoms with Gasteiger partial charge in [-0.3, -0.25) is 4.79 Å². The number of halogens is 1. The number of nitrogens with zero attached hydrogens (tertiary/aromatic N) is 1. The Morgan fingerprint density at radius 2 is 2.18 bits per heavy atom. The highest BCUT2D eigenvalue weighted by Gasteiger charge is 1.78. The lowest BCUT2D eigenvalue weighted by molar-refractivity contribution is -0.134. The van der Waals surface area contributed by atoms with Crippen molar-refractivity contribution in [2.24, 2.45) is 0 Å². The van der Waals surface area contributed by atoms with Gasteiger partial charge in [0.1, 0.15) is 0 Å². The summed E-state index contributed by atoms with van der Waals surface area (Å²) >= 11 is 0. The number of aromatic nitrogens is 1. The van der Waals surface area contributed by atoms with Crippen LogP contribution in [0.2, 0.25) is 0 Å². The van der Waals surface area contributed by atoms with Gasteiger partial charge < -0.3 is 5.11 Å². The molecule has 0 atom stereocenters. The Labute approximate surface area is 63.5 Å². The van der Waals surface area contributed by atoms with Gasteiger partial charge in [0.05, 0.1) is 0 Å². The molecule has 0 aliphatic rings. The van der Waals surface area contributed by atoms with Crippen LogP contribution in [0, 0.1) is 5.95 Å². The van der Waals surface area contributed by atoms with E-state index in [4.69, 9.17) is 9.90 Å². The zero-order chi connectivity index (χ0) is 8.69. The Morgan fingerprint density at radius 1 is 1.64 bits per heavy atom. The van der Waals surface area contributed by atoms with Crippen molar-refractivity contribution >= 4 is 5.97 Å². The first-order chi connectivity index (χ1) is 5.13. The third-order valence-corrected chi connectivity index (χ3v) is 0.629. The summed E-state index contributed by atoms with van der Waals surface area (Å²) < 4.78 is 11.8. The van der Waals surface area contributed by atoms with Crippen LogP contribution in [0.3, 0.4) is 0 Å². The number of rotatable bonds is 0. The molecule has 0 aromatic carbocycles. The highest BCUT2D eigenvalue weighted by atomic mass is 19.1. The maximum Gasteiger partial charge on any atom is 0.300 e. The second-order valence-corrected chi connectivity index (χ2v) is 1.67. The molecule has 0 amide bonds. The molecule has 1 heterocycles. The van der Waals surface area contributed by atoms with Crippen molar-refractivity contribution in [3.63, 3.8) is 0 Å². The number of carboxylic acids is 1. The average molecular weight is 157 g/mol. The van der Waals surface area contributed by atoms with Gasteiger partial charge in [-0.25, -0.2) is 4.98 Å². The summed E-state index contributed by atoms with van der Waals surface area (Å²) in [5.41, 5.74) is 0. The van der Waals surface area contributed by atoms with Crippen LogP contribution in [0.4, 0.5) is 4.39 Å². The molecule has 0 saturated carbocycles. The van der Waals surface area contributed by atoms with E-state index < -0.39 is 11.9 Å². The summed E-state index contributed by atoms with van der Waals surface area (Å²) in [4.78, 5) is 12.3. The largest absolute Gasteiger partial charge is 0.481 e. The van der Waals surface area contributed by atoms with E-state index in [-0.39, 0.29) is 0 Å². The third kappa shape index (κ3) is 8.55. The molecule has 11 heavy (non-hydrogen) atoms. The lowest BCUT2D eigenvalue weighted by Gasteiger charge is -1.78. The van der Waals surface area contributed by atoms with E-state index >= 15 is 0 Å². The molecule has 0 aliphatic heterocycles. The summed E-state index contributed by atoms with van der Waals surface area (Å²) in [6.45, 7) is 1.08. The second-order valence-electron chi connectivity index (χ2n) is 1.67. The molecule has 1 rings (SSSR count). The van der Waals surface area contributed by atoms with Crippen LogP contribution in [0.25, 0.3) is 0 Å². The van der Waals surface area contributed by atoms with Crippen molar-refractivity contribution in [3.8, 4) is 0 Å². The van der Waals surface area contributed by atoms with E-state index in [0.29, 0.717) is 0 Å². The van der Waals surface area contributed by atoms with Gasteiger partial charge in [0.2, 0.25) is 5.95 Å². The third-order valence-electron chi connectivity index (χ3n) is 0.629. The Morgan fingerprint density at radius 3 is 2.36 bits per heavy atom. The first-order valence-electron chi connectivity index (χ1n) is 2.89. The minimum atomic E-state index is -0.833. The van der Waals surface area contributed by atoms with Crippen molar-refractivity contribution in [2.75, 3.05) is 0 Å². The van der Waals surface area contributed by atoms with Crippen LogP contribution in [0.1, 0.15) is 6.92 Å². The molecule has 1 aromatic rings. The quantitative estimate of drug-likeness (QED) is 0.577. The van der Waals surface area contributed by atoms with Crippen LogP contribution in [0.15, 0.2) is 24.4 Å². The second kappa shape index (κ2) is 5.34. The van der Waals surface area contributed by atoms with Crippen molar-refractivity contribution < 1.29 is 14.3 Å². The van der Waals surface area contributed by atoms with Gasteiger partial charge in [0, 0.05) is 13.1 Å². The molecule has 60 valence electrons. The monoisotopic (exact) mass is 157 g/mol. The van der Waals surface area contributed by atoms with Crippen LogP contribution < -0.4 is 0 Å². The highest BCUT2D eigenvalue weighted by Crippen LogP contribution is 1.85. The molecule has 0 aliphatic carbocycles. The Kier molecular flexibility index (Phi) is 4.64. The fourth-order valence-electron chi connectivity index (χ4n) is 0.342. The van der Waals surface area contributed by atoms with Crippen LogP contribution in [-0.4, -0.2) is 16.1 Å². The number of hydrogen-bond acceptors (Lipinski definition) is 2. The summed E-state index contributed by atoms with van der Waals surface area (Å²) in [6, 6.07) is 4.57. The van der Waals surface area contributed by atoms with Gasteiger partial charge in [-0.15, -0.1) is 0 Å². The fourth-order valence-corrected chi connectivity index (χ4v) is 0.342. The van der Waals surface area contributed by atoms with Gasteiger partial charge in [0.15, 0.2) is 0 Å². The lowest BCUT2D eigenvalue weighted by atomic mass is 10.5. The molecule has 1 N–H and O–H groups in total. The van der Waals surface area contributed by atoms with Crippen LogP contribution >= 0.6 is 0 Å². The normalized spacial score (nSPS) is 7.82. The summed E-state index contributed by atoms with van der Waals surface area (Å²) in [7, 11) is 0. The van der Waals surface area contributed by atoms with Crippen LogP contribution in [0.5, 0.6) is 0 Å². The van der Waals surface area contributed by atoms with Crippen molar-refractivity contribution in [1.82, 2.24) is 4.98 Å². The Balaban J connectivity index is 0.000000218. The van der Waals surface area contributed by atoms with Gasteiger partial charge in [-0.2, -0.15) is 4.39 Å². The van der Waals surface area contributed by atoms with Crippen molar-refractivity contribution in [3.05, 3.63) is 30.3 Å². The van der Waals surface area contributed by atoms with Crippen molar-refractivity contribution in [2.45, 2.75) is 6.92 Å². The van der Waals surface area contributed by atoms with E-state index in [0.717, 1.165) is 6.92 Å². The molecule has 0 fully saturated rings. The van der Waals surface area contributed by atoms with E-state index in [9.17, 15) is 4.39 Å². The minimum absolute atomic E-state index is 0.428. The molecular formula is C7H8FNO2. The lowest BCUT2D eigenvalue weighted by Crippen LogP contribution is -1.78. The number of pyridine rings is 1. The molecule has 4 heteroatoms. The van der Waals surface area contributed by atoms with Gasteiger partial charge in [-0.05, 0) is 12.1 Å². The zero-order valence-electron chi connectivity index (χ0n) is 5.99. The highest BCUT2D eigenvalue weighted by molar-refractivity contribution is 5.62. The summed E-state index contributed by atoms with van der Waals surface area (Å²) in [5.74, 6) is -1.26. The SMILES string of the molecule is CC(=O)O.Fc1ccccn1. The van der Waals surface area contributed by atoms with E-state index in [1.165, 1.54) is 12.3 Å². The van der Waals surface area contributed by atoms with E-state index in [1.54, 1.807) is 12.1 Å². The molecule has 0 unspecified atom stereocenters. The van der Waals surface area contributed by atoms with Crippen molar-refractivity contribution in [1.29, 1.82) is 0 Å². The smallest absolute Gasteiger partial charge is 0.300 e.